The molecule has 1 aliphatic carbocycles. The first-order valence-electron chi connectivity index (χ1n) is 12.7. The number of aromatic nitrogens is 1. The Morgan fingerprint density at radius 3 is 2.31 bits per heavy atom. The fraction of sp³-hybridized carbons (Fsp3) is 0.250. The van der Waals surface area contributed by atoms with Gasteiger partial charge in [0.2, 0.25) is 15.9 Å². The number of carbonyl (C=O) groups is 1. The van der Waals surface area contributed by atoms with Crippen molar-refractivity contribution >= 4 is 48.5 Å². The molecule has 39 heavy (non-hydrogen) atoms. The van der Waals surface area contributed by atoms with E-state index in [2.05, 4.69) is 14.4 Å². The molecule has 0 radical (unpaired) electrons. The van der Waals surface area contributed by atoms with Crippen LogP contribution < -0.4 is 9.44 Å². The molecule has 0 aliphatic heterocycles. The number of H-pyrrole nitrogens is 1. The molecule has 1 amide bonds. The third-order valence-electron chi connectivity index (χ3n) is 6.89. The number of nitrogens with one attached hydrogen (secondary N) is 3. The summed E-state index contributed by atoms with van der Waals surface area (Å²) in [5.74, 6) is -0.717. The van der Waals surface area contributed by atoms with E-state index in [9.17, 15) is 21.6 Å². The predicted molar refractivity (Wildman–Crippen MR) is 151 cm³/mol. The molecule has 1 heterocycles. The lowest BCUT2D eigenvalue weighted by molar-refractivity contribution is -0.118. The summed E-state index contributed by atoms with van der Waals surface area (Å²) in [7, 11) is -7.95. The number of sulfonamides is 2. The highest BCUT2D eigenvalue weighted by Gasteiger charge is 2.26. The number of benzene rings is 3. The van der Waals surface area contributed by atoms with Crippen molar-refractivity contribution < 1.29 is 21.6 Å². The van der Waals surface area contributed by atoms with E-state index in [4.69, 9.17) is 11.6 Å². The summed E-state index contributed by atoms with van der Waals surface area (Å²) in [5, 5.41) is 0.811. The summed E-state index contributed by atoms with van der Waals surface area (Å²) in [6.07, 6.45) is 4.35. The predicted octanol–water partition coefficient (Wildman–Crippen LogP) is 5.15. The maximum atomic E-state index is 13.3. The van der Waals surface area contributed by atoms with Gasteiger partial charge in [0.25, 0.3) is 10.0 Å². The zero-order valence-electron chi connectivity index (χ0n) is 21.0. The second-order valence-corrected chi connectivity index (χ2v) is 13.4. The Kier molecular flexibility index (Phi) is 7.82. The maximum Gasteiger partial charge on any atom is 0.264 e. The Balaban J connectivity index is 1.49. The fourth-order valence-electron chi connectivity index (χ4n) is 5.00. The van der Waals surface area contributed by atoms with E-state index in [-0.39, 0.29) is 27.3 Å². The molecule has 0 bridgehead atoms. The molecule has 1 aromatic heterocycles. The zero-order valence-corrected chi connectivity index (χ0v) is 23.4. The number of hydrogen-bond donors (Lipinski definition) is 3. The topological polar surface area (TPSA) is 125 Å². The van der Waals surface area contributed by atoms with Crippen LogP contribution in [0, 0.1) is 0 Å². The minimum absolute atomic E-state index is 0.0180. The highest BCUT2D eigenvalue weighted by Crippen LogP contribution is 2.34. The number of amides is 1. The monoisotopic (exact) mass is 585 g/mol. The normalized spacial score (nSPS) is 14.9. The minimum atomic E-state index is -4.05. The molecule has 1 saturated carbocycles. The van der Waals surface area contributed by atoms with Crippen LogP contribution in [0.5, 0.6) is 0 Å². The van der Waals surface area contributed by atoms with Gasteiger partial charge in [-0.25, -0.2) is 26.3 Å². The first-order chi connectivity index (χ1) is 18.6. The third kappa shape index (κ3) is 6.04. The van der Waals surface area contributed by atoms with Crippen LogP contribution in [0.2, 0.25) is 5.02 Å². The van der Waals surface area contributed by atoms with Gasteiger partial charge in [0.1, 0.15) is 4.90 Å². The molecule has 204 valence electrons. The molecule has 0 spiro atoms. The molecular weight excluding hydrogens is 558 g/mol. The van der Waals surface area contributed by atoms with E-state index < -0.39 is 26.0 Å². The number of halogens is 1. The van der Waals surface area contributed by atoms with E-state index in [1.54, 1.807) is 24.3 Å². The largest absolute Gasteiger partial charge is 0.354 e. The first-order valence-corrected chi connectivity index (χ1v) is 16.0. The first kappa shape index (κ1) is 27.4. The lowest BCUT2D eigenvalue weighted by atomic mass is 9.96. The lowest BCUT2D eigenvalue weighted by Crippen LogP contribution is -2.36. The summed E-state index contributed by atoms with van der Waals surface area (Å²) in [6, 6.07) is 19.5. The van der Waals surface area contributed by atoms with Crippen LogP contribution in [0.25, 0.3) is 22.2 Å². The standard InChI is InChI=1S/C28H28ClN3O5S2/c29-24-16-15-19(17-26(24)39(36,37)31-20-9-3-1-4-10-20)28-23(22-13-7-8-14-25(22)30-28)18-27(33)32-38(34,35)21-11-5-2-6-12-21/h2,5-8,11-17,20,30-31H,1,3-4,9-10,18H2,(H,32,33). The van der Waals surface area contributed by atoms with Crippen molar-refractivity contribution in [2.45, 2.75) is 54.4 Å². The maximum absolute atomic E-state index is 13.3. The Labute approximate surface area is 232 Å². The van der Waals surface area contributed by atoms with E-state index in [0.717, 1.165) is 43.0 Å². The number of fused-ring (bicyclic) bond motifs is 1. The van der Waals surface area contributed by atoms with Gasteiger partial charge >= 0.3 is 0 Å². The van der Waals surface area contributed by atoms with Crippen molar-refractivity contribution in [2.75, 3.05) is 0 Å². The van der Waals surface area contributed by atoms with Crippen molar-refractivity contribution in [3.63, 3.8) is 0 Å². The summed E-state index contributed by atoms with van der Waals surface area (Å²) >= 11 is 6.36. The smallest absolute Gasteiger partial charge is 0.264 e. The molecule has 0 unspecified atom stereocenters. The van der Waals surface area contributed by atoms with Gasteiger partial charge in [-0.2, -0.15) is 0 Å². The Morgan fingerprint density at radius 1 is 0.872 bits per heavy atom. The number of rotatable bonds is 8. The molecule has 11 heteroatoms. The van der Waals surface area contributed by atoms with E-state index >= 15 is 0 Å². The Hall–Kier alpha value is -3.18. The molecule has 1 aliphatic rings. The quantitative estimate of drug-likeness (QED) is 0.264. The van der Waals surface area contributed by atoms with Gasteiger partial charge in [-0.05, 0) is 54.3 Å². The van der Waals surface area contributed by atoms with Crippen molar-refractivity contribution in [1.82, 2.24) is 14.4 Å². The van der Waals surface area contributed by atoms with Crippen LogP contribution in [-0.4, -0.2) is 33.8 Å². The van der Waals surface area contributed by atoms with Gasteiger partial charge in [-0.1, -0.05) is 73.3 Å². The molecule has 5 rings (SSSR count). The Bertz CT molecular complexity index is 1730. The van der Waals surface area contributed by atoms with E-state index in [0.29, 0.717) is 16.8 Å². The molecule has 3 N–H and O–H groups in total. The van der Waals surface area contributed by atoms with Gasteiger partial charge < -0.3 is 4.98 Å². The van der Waals surface area contributed by atoms with Crippen molar-refractivity contribution in [3.8, 4) is 11.3 Å². The van der Waals surface area contributed by atoms with Crippen LogP contribution in [0.4, 0.5) is 0 Å². The minimum Gasteiger partial charge on any atom is -0.354 e. The van der Waals surface area contributed by atoms with E-state index in [1.165, 1.54) is 24.3 Å². The van der Waals surface area contributed by atoms with Crippen LogP contribution in [0.3, 0.4) is 0 Å². The number of aromatic amines is 1. The van der Waals surface area contributed by atoms with Crippen LogP contribution in [-0.2, 0) is 31.3 Å². The highest BCUT2D eigenvalue weighted by atomic mass is 35.5. The molecule has 4 aromatic rings. The van der Waals surface area contributed by atoms with Crippen LogP contribution >= 0.6 is 11.6 Å². The summed E-state index contributed by atoms with van der Waals surface area (Å²) in [6.45, 7) is 0. The van der Waals surface area contributed by atoms with E-state index in [1.807, 2.05) is 24.3 Å². The summed E-state index contributed by atoms with van der Waals surface area (Å²) in [4.78, 5) is 16.2. The lowest BCUT2D eigenvalue weighted by Gasteiger charge is -2.23. The number of para-hydroxylation sites is 1. The average Bonchev–Trinajstić information content (AvgIpc) is 3.27. The van der Waals surface area contributed by atoms with Gasteiger partial charge in [0, 0.05) is 16.9 Å². The van der Waals surface area contributed by atoms with Crippen LogP contribution in [0.15, 0.2) is 82.6 Å². The SMILES string of the molecule is O=C(Cc1c(-c2ccc(Cl)c(S(=O)(=O)NC3CCCCC3)c2)[nH]c2ccccc12)NS(=O)(=O)c1ccccc1. The summed E-state index contributed by atoms with van der Waals surface area (Å²) < 4.78 is 57.0. The van der Waals surface area contributed by atoms with Crippen LogP contribution in [0.1, 0.15) is 37.7 Å². The van der Waals surface area contributed by atoms with Gasteiger partial charge in [-0.15, -0.1) is 0 Å². The second kappa shape index (κ2) is 11.1. The molecular formula is C28H28ClN3O5S2. The molecule has 0 atom stereocenters. The highest BCUT2D eigenvalue weighted by molar-refractivity contribution is 7.90. The van der Waals surface area contributed by atoms with Crippen molar-refractivity contribution in [2.24, 2.45) is 0 Å². The summed E-state index contributed by atoms with van der Waals surface area (Å²) in [5.41, 5.74) is 2.28. The second-order valence-electron chi connectivity index (χ2n) is 9.64. The molecule has 8 nitrogen and oxygen atoms in total. The Morgan fingerprint density at radius 2 is 1.56 bits per heavy atom. The van der Waals surface area contributed by atoms with Gasteiger partial charge in [-0.3, -0.25) is 4.79 Å². The fourth-order valence-corrected chi connectivity index (χ4v) is 7.84. The average molecular weight is 586 g/mol. The van der Waals surface area contributed by atoms with Gasteiger partial charge in [0.15, 0.2) is 0 Å². The zero-order chi connectivity index (χ0) is 27.6. The van der Waals surface area contributed by atoms with Crippen molar-refractivity contribution in [3.05, 3.63) is 83.4 Å². The molecule has 1 fully saturated rings. The molecule has 0 saturated heterocycles. The number of carbonyl (C=O) groups excluding carboxylic acids is 1. The van der Waals surface area contributed by atoms with Gasteiger partial charge in [0.05, 0.1) is 22.0 Å². The number of hydrogen-bond acceptors (Lipinski definition) is 5. The molecule has 3 aromatic carbocycles. The third-order valence-corrected chi connectivity index (χ3v) is 10.3. The van der Waals surface area contributed by atoms with Crippen molar-refractivity contribution in [1.29, 1.82) is 0 Å².